The Balaban J connectivity index is 2.05. The molecule has 0 amide bonds. The number of nitrogens with zero attached hydrogens (tertiary/aromatic N) is 2. The van der Waals surface area contributed by atoms with Gasteiger partial charge in [-0.2, -0.15) is 4.98 Å². The first-order valence-electron chi connectivity index (χ1n) is 5.81. The van der Waals surface area contributed by atoms with Crippen molar-refractivity contribution < 1.29 is 4.52 Å². The van der Waals surface area contributed by atoms with Gasteiger partial charge in [-0.25, -0.2) is 0 Å². The van der Waals surface area contributed by atoms with E-state index in [9.17, 15) is 0 Å². The van der Waals surface area contributed by atoms with Crippen LogP contribution in [0.1, 0.15) is 42.9 Å². The second-order valence-electron chi connectivity index (χ2n) is 4.22. The second kappa shape index (κ2) is 5.42. The minimum absolute atomic E-state index is 0.162. The smallest absolute Gasteiger partial charge is 0.243 e. The van der Waals surface area contributed by atoms with Crippen molar-refractivity contribution in [3.63, 3.8) is 0 Å². The van der Waals surface area contributed by atoms with Crippen LogP contribution in [0, 0.1) is 5.92 Å². The van der Waals surface area contributed by atoms with Crippen LogP contribution in [-0.2, 0) is 6.42 Å². The molecule has 0 saturated carbocycles. The molecule has 2 rings (SSSR count). The highest BCUT2D eigenvalue weighted by atomic mass is 32.1. The Bertz CT molecular complexity index is 452. The SMILES string of the molecule is CC[C@H](C)[C@H](N)c1nc(Cc2cccs2)no1. The van der Waals surface area contributed by atoms with Gasteiger partial charge in [0.2, 0.25) is 5.89 Å². The van der Waals surface area contributed by atoms with E-state index in [-0.39, 0.29) is 6.04 Å². The third kappa shape index (κ3) is 2.92. The maximum Gasteiger partial charge on any atom is 0.243 e. The molecule has 0 fully saturated rings. The van der Waals surface area contributed by atoms with Crippen molar-refractivity contribution >= 4 is 11.3 Å². The average Bonchev–Trinajstić information content (AvgIpc) is 2.99. The van der Waals surface area contributed by atoms with Crippen LogP contribution in [0.15, 0.2) is 22.0 Å². The highest BCUT2D eigenvalue weighted by molar-refractivity contribution is 7.09. The number of aromatic nitrogens is 2. The summed E-state index contributed by atoms with van der Waals surface area (Å²) in [4.78, 5) is 5.59. The lowest BCUT2D eigenvalue weighted by Crippen LogP contribution is -2.18. The maximum atomic E-state index is 6.04. The van der Waals surface area contributed by atoms with Crippen molar-refractivity contribution in [3.05, 3.63) is 34.1 Å². The lowest BCUT2D eigenvalue weighted by Gasteiger charge is -2.12. The zero-order valence-corrected chi connectivity index (χ0v) is 10.9. The van der Waals surface area contributed by atoms with Gasteiger partial charge >= 0.3 is 0 Å². The van der Waals surface area contributed by atoms with Crippen molar-refractivity contribution in [1.29, 1.82) is 0 Å². The van der Waals surface area contributed by atoms with Gasteiger partial charge in [0, 0.05) is 11.3 Å². The van der Waals surface area contributed by atoms with E-state index in [0.717, 1.165) is 6.42 Å². The van der Waals surface area contributed by atoms with E-state index in [2.05, 4.69) is 30.1 Å². The van der Waals surface area contributed by atoms with Crippen molar-refractivity contribution in [3.8, 4) is 0 Å². The van der Waals surface area contributed by atoms with E-state index in [1.54, 1.807) is 11.3 Å². The number of hydrogen-bond acceptors (Lipinski definition) is 5. The minimum Gasteiger partial charge on any atom is -0.338 e. The first-order valence-corrected chi connectivity index (χ1v) is 6.69. The summed E-state index contributed by atoms with van der Waals surface area (Å²) < 4.78 is 5.22. The maximum absolute atomic E-state index is 6.04. The van der Waals surface area contributed by atoms with Gasteiger partial charge in [-0.15, -0.1) is 11.3 Å². The second-order valence-corrected chi connectivity index (χ2v) is 5.25. The molecule has 92 valence electrons. The van der Waals surface area contributed by atoms with Crippen LogP contribution in [0.4, 0.5) is 0 Å². The summed E-state index contributed by atoms with van der Waals surface area (Å²) in [5.41, 5.74) is 6.04. The zero-order chi connectivity index (χ0) is 12.3. The molecule has 0 aromatic carbocycles. The van der Waals surface area contributed by atoms with Crippen LogP contribution >= 0.6 is 11.3 Å². The average molecular weight is 251 g/mol. The standard InChI is InChI=1S/C12H17N3OS/c1-3-8(2)11(13)12-14-10(15-16-12)7-9-5-4-6-17-9/h4-6,8,11H,3,7,13H2,1-2H3/t8-,11-/m0/s1. The summed E-state index contributed by atoms with van der Waals surface area (Å²) in [6.45, 7) is 4.20. The summed E-state index contributed by atoms with van der Waals surface area (Å²) in [6.07, 6.45) is 1.72. The lowest BCUT2D eigenvalue weighted by atomic mass is 10.0. The van der Waals surface area contributed by atoms with Crippen molar-refractivity contribution in [1.82, 2.24) is 10.1 Å². The van der Waals surface area contributed by atoms with E-state index in [0.29, 0.717) is 24.1 Å². The fourth-order valence-corrected chi connectivity index (χ4v) is 2.24. The molecule has 5 heteroatoms. The molecule has 0 saturated heterocycles. The van der Waals surface area contributed by atoms with Crippen LogP contribution in [0.2, 0.25) is 0 Å². The topological polar surface area (TPSA) is 64.9 Å². The van der Waals surface area contributed by atoms with E-state index in [1.807, 2.05) is 11.4 Å². The predicted molar refractivity (Wildman–Crippen MR) is 67.8 cm³/mol. The van der Waals surface area contributed by atoms with Gasteiger partial charge in [0.15, 0.2) is 5.82 Å². The molecule has 4 nitrogen and oxygen atoms in total. The van der Waals surface area contributed by atoms with Gasteiger partial charge < -0.3 is 10.3 Å². The van der Waals surface area contributed by atoms with Gasteiger partial charge in [-0.05, 0) is 17.4 Å². The Kier molecular flexibility index (Phi) is 3.91. The summed E-state index contributed by atoms with van der Waals surface area (Å²) in [6, 6.07) is 3.92. The third-order valence-corrected chi connectivity index (χ3v) is 3.81. The molecule has 0 radical (unpaired) electrons. The van der Waals surface area contributed by atoms with Gasteiger partial charge in [-0.1, -0.05) is 31.5 Å². The van der Waals surface area contributed by atoms with Gasteiger partial charge in [0.05, 0.1) is 6.04 Å². The summed E-state index contributed by atoms with van der Waals surface area (Å²) in [7, 11) is 0. The first-order chi connectivity index (χ1) is 8.20. The molecular formula is C12H17N3OS. The molecule has 0 spiro atoms. The highest BCUT2D eigenvalue weighted by Gasteiger charge is 2.20. The van der Waals surface area contributed by atoms with E-state index in [4.69, 9.17) is 10.3 Å². The number of hydrogen-bond donors (Lipinski definition) is 1. The third-order valence-electron chi connectivity index (χ3n) is 2.94. The minimum atomic E-state index is -0.162. The molecular weight excluding hydrogens is 234 g/mol. The molecule has 2 aromatic heterocycles. The Hall–Kier alpha value is -1.20. The molecule has 0 bridgehead atoms. The molecule has 0 aliphatic rings. The molecule has 0 aliphatic carbocycles. The van der Waals surface area contributed by atoms with Crippen LogP contribution in [0.5, 0.6) is 0 Å². The molecule has 2 aromatic rings. The van der Waals surface area contributed by atoms with Gasteiger partial charge in [0.25, 0.3) is 0 Å². The predicted octanol–water partition coefficient (Wildman–Crippen LogP) is 2.77. The molecule has 2 atom stereocenters. The van der Waals surface area contributed by atoms with E-state index < -0.39 is 0 Å². The lowest BCUT2D eigenvalue weighted by molar-refractivity contribution is 0.310. The van der Waals surface area contributed by atoms with Crippen LogP contribution < -0.4 is 5.73 Å². The molecule has 17 heavy (non-hydrogen) atoms. The van der Waals surface area contributed by atoms with E-state index >= 15 is 0 Å². The first kappa shape index (κ1) is 12.3. The highest BCUT2D eigenvalue weighted by Crippen LogP contribution is 2.21. The Labute approximate surface area is 105 Å². The quantitative estimate of drug-likeness (QED) is 0.887. The van der Waals surface area contributed by atoms with Crippen molar-refractivity contribution in [2.45, 2.75) is 32.7 Å². The Morgan fingerprint density at radius 3 is 3.00 bits per heavy atom. The van der Waals surface area contributed by atoms with E-state index in [1.165, 1.54) is 4.88 Å². The monoisotopic (exact) mass is 251 g/mol. The van der Waals surface area contributed by atoms with Crippen LogP contribution in [0.3, 0.4) is 0 Å². The molecule has 0 unspecified atom stereocenters. The number of nitrogens with two attached hydrogens (primary N) is 1. The largest absolute Gasteiger partial charge is 0.338 e. The molecule has 2 N–H and O–H groups in total. The Morgan fingerprint density at radius 1 is 1.53 bits per heavy atom. The molecule has 0 aliphatic heterocycles. The summed E-state index contributed by atoms with van der Waals surface area (Å²) >= 11 is 1.69. The Morgan fingerprint density at radius 2 is 2.35 bits per heavy atom. The zero-order valence-electron chi connectivity index (χ0n) is 10.1. The van der Waals surface area contributed by atoms with Gasteiger partial charge in [-0.3, -0.25) is 0 Å². The normalized spacial score (nSPS) is 14.8. The summed E-state index contributed by atoms with van der Waals surface area (Å²) in [5, 5.41) is 6.01. The number of rotatable bonds is 5. The summed E-state index contributed by atoms with van der Waals surface area (Å²) in [5.74, 6) is 1.61. The van der Waals surface area contributed by atoms with Crippen molar-refractivity contribution in [2.75, 3.05) is 0 Å². The fourth-order valence-electron chi connectivity index (χ4n) is 1.54. The van der Waals surface area contributed by atoms with Crippen LogP contribution in [0.25, 0.3) is 0 Å². The fraction of sp³-hybridized carbons (Fsp3) is 0.500. The molecule has 2 heterocycles. The van der Waals surface area contributed by atoms with Crippen molar-refractivity contribution in [2.24, 2.45) is 11.7 Å². The number of thiophene rings is 1. The van der Waals surface area contributed by atoms with Gasteiger partial charge in [0.1, 0.15) is 0 Å². The van der Waals surface area contributed by atoms with Crippen LogP contribution in [-0.4, -0.2) is 10.1 Å².